The van der Waals surface area contributed by atoms with Crippen molar-refractivity contribution in [2.24, 2.45) is 0 Å². The minimum absolute atomic E-state index is 0.386. The van der Waals surface area contributed by atoms with E-state index in [0.717, 1.165) is 30.2 Å². The first-order valence-corrected chi connectivity index (χ1v) is 6.86. The zero-order valence-corrected chi connectivity index (χ0v) is 10.9. The van der Waals surface area contributed by atoms with Gasteiger partial charge >= 0.3 is 0 Å². The maximum absolute atomic E-state index is 6.00. The van der Waals surface area contributed by atoms with E-state index in [-0.39, 0.29) is 0 Å². The van der Waals surface area contributed by atoms with Crippen LogP contribution in [0.4, 0.5) is 11.5 Å². The third-order valence-electron chi connectivity index (χ3n) is 4.16. The van der Waals surface area contributed by atoms with Crippen LogP contribution >= 0.6 is 0 Å². The second kappa shape index (κ2) is 4.76. The minimum atomic E-state index is 0.386. The standard InChI is InChI=1S/C14H21N3O/c1-10-9-16-14(8-11(10)15)17-6-7-18-13-5-3-2-4-12(13)17/h8-9,12-13H,2-7H2,1H3,(H2,15,16). The van der Waals surface area contributed by atoms with Crippen molar-refractivity contribution < 1.29 is 4.74 Å². The molecule has 0 spiro atoms. The van der Waals surface area contributed by atoms with Crippen molar-refractivity contribution in [1.82, 2.24) is 4.98 Å². The fraction of sp³-hybridized carbons (Fsp3) is 0.643. The van der Waals surface area contributed by atoms with Gasteiger partial charge in [0.2, 0.25) is 0 Å². The summed E-state index contributed by atoms with van der Waals surface area (Å²) in [6, 6.07) is 2.49. The number of nitrogens with two attached hydrogens (primary N) is 1. The van der Waals surface area contributed by atoms with Crippen molar-refractivity contribution in [2.75, 3.05) is 23.8 Å². The Morgan fingerprint density at radius 3 is 3.06 bits per heavy atom. The van der Waals surface area contributed by atoms with Crippen LogP contribution in [0.15, 0.2) is 12.3 Å². The third-order valence-corrected chi connectivity index (χ3v) is 4.16. The normalized spacial score (nSPS) is 27.9. The van der Waals surface area contributed by atoms with Crippen molar-refractivity contribution in [3.8, 4) is 0 Å². The maximum Gasteiger partial charge on any atom is 0.130 e. The second-order valence-electron chi connectivity index (χ2n) is 5.35. The van der Waals surface area contributed by atoms with Gasteiger partial charge in [0, 0.05) is 24.5 Å². The largest absolute Gasteiger partial charge is 0.398 e. The van der Waals surface area contributed by atoms with Gasteiger partial charge in [-0.15, -0.1) is 0 Å². The number of ether oxygens (including phenoxy) is 1. The van der Waals surface area contributed by atoms with Crippen LogP contribution in [0.25, 0.3) is 0 Å². The lowest BCUT2D eigenvalue weighted by molar-refractivity contribution is -0.00898. The molecule has 0 radical (unpaired) electrons. The molecule has 0 amide bonds. The molecular weight excluding hydrogens is 226 g/mol. The van der Waals surface area contributed by atoms with Crippen LogP contribution in [0.5, 0.6) is 0 Å². The molecule has 2 fully saturated rings. The summed E-state index contributed by atoms with van der Waals surface area (Å²) in [6.45, 7) is 3.72. The number of aromatic nitrogens is 1. The van der Waals surface area contributed by atoms with Gasteiger partial charge in [-0.05, 0) is 25.3 Å². The van der Waals surface area contributed by atoms with E-state index in [2.05, 4.69) is 9.88 Å². The summed E-state index contributed by atoms with van der Waals surface area (Å²) in [7, 11) is 0. The van der Waals surface area contributed by atoms with Gasteiger partial charge in [0.05, 0.1) is 18.8 Å². The molecule has 2 atom stereocenters. The van der Waals surface area contributed by atoms with Crippen LogP contribution in [-0.2, 0) is 4.74 Å². The number of pyridine rings is 1. The van der Waals surface area contributed by atoms with E-state index >= 15 is 0 Å². The lowest BCUT2D eigenvalue weighted by Crippen LogP contribution is -2.53. The molecule has 18 heavy (non-hydrogen) atoms. The van der Waals surface area contributed by atoms with E-state index in [0.29, 0.717) is 12.1 Å². The third kappa shape index (κ3) is 2.05. The van der Waals surface area contributed by atoms with Crippen LogP contribution in [0.2, 0.25) is 0 Å². The van der Waals surface area contributed by atoms with Crippen molar-refractivity contribution in [2.45, 2.75) is 44.8 Å². The van der Waals surface area contributed by atoms with Crippen molar-refractivity contribution in [3.05, 3.63) is 17.8 Å². The van der Waals surface area contributed by atoms with Crippen LogP contribution in [-0.4, -0.2) is 30.3 Å². The molecule has 1 aromatic heterocycles. The number of rotatable bonds is 1. The van der Waals surface area contributed by atoms with Gasteiger partial charge in [-0.3, -0.25) is 0 Å². The molecule has 2 aliphatic rings. The molecule has 4 nitrogen and oxygen atoms in total. The van der Waals surface area contributed by atoms with E-state index in [1.165, 1.54) is 25.7 Å². The molecule has 0 aromatic carbocycles. The zero-order chi connectivity index (χ0) is 12.5. The second-order valence-corrected chi connectivity index (χ2v) is 5.35. The molecule has 1 aliphatic carbocycles. The van der Waals surface area contributed by atoms with Gasteiger partial charge < -0.3 is 15.4 Å². The molecule has 98 valence electrons. The van der Waals surface area contributed by atoms with Crippen molar-refractivity contribution in [1.29, 1.82) is 0 Å². The predicted octanol–water partition coefficient (Wildman–Crippen LogP) is 2.12. The minimum Gasteiger partial charge on any atom is -0.398 e. The van der Waals surface area contributed by atoms with Crippen LogP contribution in [0.1, 0.15) is 31.2 Å². The SMILES string of the molecule is Cc1cnc(N2CCOC3CCCCC32)cc1N. The summed E-state index contributed by atoms with van der Waals surface area (Å²) in [5.74, 6) is 1.01. The van der Waals surface area contributed by atoms with Crippen LogP contribution in [0, 0.1) is 6.92 Å². The molecule has 3 rings (SSSR count). The molecule has 1 saturated heterocycles. The molecule has 2 heterocycles. The highest BCUT2D eigenvalue weighted by Gasteiger charge is 2.34. The highest BCUT2D eigenvalue weighted by molar-refractivity contribution is 5.55. The number of morpholine rings is 1. The van der Waals surface area contributed by atoms with Crippen molar-refractivity contribution >= 4 is 11.5 Å². The molecule has 1 aromatic rings. The lowest BCUT2D eigenvalue weighted by atomic mass is 9.90. The number of hydrogen-bond acceptors (Lipinski definition) is 4. The average Bonchev–Trinajstić information content (AvgIpc) is 2.41. The van der Waals surface area contributed by atoms with Gasteiger partial charge in [0.25, 0.3) is 0 Å². The lowest BCUT2D eigenvalue weighted by Gasteiger charge is -2.44. The Morgan fingerprint density at radius 1 is 1.39 bits per heavy atom. The quantitative estimate of drug-likeness (QED) is 0.826. The number of anilines is 2. The zero-order valence-electron chi connectivity index (χ0n) is 10.9. The maximum atomic E-state index is 6.00. The number of nitrogen functional groups attached to an aromatic ring is 1. The highest BCUT2D eigenvalue weighted by Crippen LogP contribution is 2.31. The first-order chi connectivity index (χ1) is 8.75. The summed E-state index contributed by atoms with van der Waals surface area (Å²) in [5, 5.41) is 0. The van der Waals surface area contributed by atoms with E-state index < -0.39 is 0 Å². The Hall–Kier alpha value is -1.29. The summed E-state index contributed by atoms with van der Waals surface area (Å²) < 4.78 is 5.89. The highest BCUT2D eigenvalue weighted by atomic mass is 16.5. The summed E-state index contributed by atoms with van der Waals surface area (Å²) in [6.07, 6.45) is 7.23. The monoisotopic (exact) mass is 247 g/mol. The Kier molecular flexibility index (Phi) is 3.12. The first kappa shape index (κ1) is 11.8. The number of fused-ring (bicyclic) bond motifs is 1. The topological polar surface area (TPSA) is 51.4 Å². The summed E-state index contributed by atoms with van der Waals surface area (Å²) >= 11 is 0. The molecule has 2 N–H and O–H groups in total. The Bertz CT molecular complexity index is 433. The average molecular weight is 247 g/mol. The molecule has 1 aliphatic heterocycles. The molecule has 0 bridgehead atoms. The van der Waals surface area contributed by atoms with Crippen LogP contribution in [0.3, 0.4) is 0 Å². The Labute approximate surface area is 108 Å². The van der Waals surface area contributed by atoms with E-state index in [1.54, 1.807) is 0 Å². The van der Waals surface area contributed by atoms with Gasteiger partial charge in [-0.25, -0.2) is 4.98 Å². The van der Waals surface area contributed by atoms with Gasteiger partial charge in [0.15, 0.2) is 0 Å². The van der Waals surface area contributed by atoms with Crippen molar-refractivity contribution in [3.63, 3.8) is 0 Å². The van der Waals surface area contributed by atoms with Gasteiger partial charge in [0.1, 0.15) is 5.82 Å². The van der Waals surface area contributed by atoms with Crippen LogP contribution < -0.4 is 10.6 Å². The molecular formula is C14H21N3O. The van der Waals surface area contributed by atoms with E-state index in [1.807, 2.05) is 19.2 Å². The summed E-state index contributed by atoms with van der Waals surface area (Å²) in [4.78, 5) is 6.94. The molecule has 2 unspecified atom stereocenters. The van der Waals surface area contributed by atoms with Gasteiger partial charge in [-0.1, -0.05) is 12.8 Å². The molecule has 1 saturated carbocycles. The van der Waals surface area contributed by atoms with E-state index in [9.17, 15) is 0 Å². The Balaban J connectivity index is 1.87. The fourth-order valence-electron chi connectivity index (χ4n) is 3.07. The molecule has 4 heteroatoms. The summed E-state index contributed by atoms with van der Waals surface area (Å²) in [5.41, 5.74) is 7.88. The first-order valence-electron chi connectivity index (χ1n) is 6.86. The predicted molar refractivity (Wildman–Crippen MR) is 72.7 cm³/mol. The fourth-order valence-corrected chi connectivity index (χ4v) is 3.07. The number of hydrogen-bond donors (Lipinski definition) is 1. The number of aryl methyl sites for hydroxylation is 1. The smallest absolute Gasteiger partial charge is 0.130 e. The van der Waals surface area contributed by atoms with Gasteiger partial charge in [-0.2, -0.15) is 0 Å². The van der Waals surface area contributed by atoms with E-state index in [4.69, 9.17) is 10.5 Å². The number of nitrogens with zero attached hydrogens (tertiary/aromatic N) is 2. The Morgan fingerprint density at radius 2 is 2.22 bits per heavy atom.